The molecule has 0 bridgehead atoms. The van der Waals surface area contributed by atoms with E-state index >= 15 is 0 Å². The molecule has 7 heteroatoms. The first kappa shape index (κ1) is 16.2. The van der Waals surface area contributed by atoms with Crippen molar-refractivity contribution < 1.29 is 13.6 Å². The lowest BCUT2D eigenvalue weighted by molar-refractivity contribution is 0.102. The smallest absolute Gasteiger partial charge is 0.288 e. The minimum absolute atomic E-state index is 0.0411. The van der Waals surface area contributed by atoms with Crippen molar-refractivity contribution in [1.82, 2.24) is 4.98 Å². The predicted octanol–water partition coefficient (Wildman–Crippen LogP) is 4.10. The van der Waals surface area contributed by atoms with Gasteiger partial charge in [-0.15, -0.1) is 0 Å². The maximum absolute atomic E-state index is 12.4. The number of amides is 1. The number of alkyl halides is 2. The van der Waals surface area contributed by atoms with Gasteiger partial charge in [-0.25, -0.2) is 0 Å². The number of para-hydroxylation sites is 1. The van der Waals surface area contributed by atoms with Crippen LogP contribution >= 0.6 is 11.8 Å². The number of rotatable bonds is 4. The maximum atomic E-state index is 12.4. The fraction of sp³-hybridized carbons (Fsp3) is 0.0588. The second kappa shape index (κ2) is 6.84. The van der Waals surface area contributed by atoms with Gasteiger partial charge in [0.25, 0.3) is 11.7 Å². The summed E-state index contributed by atoms with van der Waals surface area (Å²) in [6.45, 7) is 0. The number of hydrogen-bond donors (Lipinski definition) is 2. The van der Waals surface area contributed by atoms with Crippen molar-refractivity contribution in [2.45, 2.75) is 10.7 Å². The average molecular weight is 346 g/mol. The number of thioether (sulfide) groups is 1. The second-order valence-corrected chi connectivity index (χ2v) is 6.00. The Morgan fingerprint density at radius 3 is 2.71 bits per heavy atom. The molecule has 0 radical (unpaired) electrons. The van der Waals surface area contributed by atoms with Crippen LogP contribution in [0, 0.1) is 0 Å². The summed E-state index contributed by atoms with van der Waals surface area (Å²) in [6.07, 6.45) is 1.34. The van der Waals surface area contributed by atoms with Crippen molar-refractivity contribution in [3.63, 3.8) is 0 Å². The molecule has 0 aliphatic carbocycles. The van der Waals surface area contributed by atoms with E-state index in [-0.39, 0.29) is 11.0 Å². The first-order valence-electron chi connectivity index (χ1n) is 7.01. The first-order chi connectivity index (χ1) is 11.5. The monoisotopic (exact) mass is 346 g/mol. The molecule has 0 aliphatic rings. The number of benzene rings is 2. The number of fused-ring (bicyclic) bond motifs is 1. The Labute approximate surface area is 139 Å². The number of nitrogens with one attached hydrogen (secondary N) is 2. The summed E-state index contributed by atoms with van der Waals surface area (Å²) in [5.41, 5.74) is 0.549. The molecule has 0 spiro atoms. The predicted molar refractivity (Wildman–Crippen MR) is 90.8 cm³/mol. The summed E-state index contributed by atoms with van der Waals surface area (Å²) in [4.78, 5) is 27.9. The molecule has 0 aliphatic heterocycles. The molecule has 0 unspecified atom stereocenters. The van der Waals surface area contributed by atoms with E-state index < -0.39 is 11.7 Å². The van der Waals surface area contributed by atoms with Gasteiger partial charge in [0.05, 0.1) is 0 Å². The zero-order valence-corrected chi connectivity index (χ0v) is 13.1. The molecule has 3 aromatic rings. The Bertz CT molecular complexity index is 956. The fourth-order valence-corrected chi connectivity index (χ4v) is 2.84. The molecule has 122 valence electrons. The van der Waals surface area contributed by atoms with Gasteiger partial charge in [0.2, 0.25) is 5.43 Å². The van der Waals surface area contributed by atoms with Gasteiger partial charge in [0.1, 0.15) is 5.56 Å². The first-order valence-corrected chi connectivity index (χ1v) is 7.89. The third-order valence-corrected chi connectivity index (χ3v) is 4.05. The Morgan fingerprint density at radius 1 is 1.12 bits per heavy atom. The van der Waals surface area contributed by atoms with Gasteiger partial charge in [-0.1, -0.05) is 30.0 Å². The standard InChI is InChI=1S/C17H12F2N2O2S/c18-17(19)24-11-5-3-4-10(8-11)21-16(23)13-9-20-14-7-2-1-6-12(14)15(13)22/h1-9,17H,(H,20,22)(H,21,23). The van der Waals surface area contributed by atoms with Crippen molar-refractivity contribution in [2.75, 3.05) is 5.32 Å². The third kappa shape index (κ3) is 3.46. The van der Waals surface area contributed by atoms with Crippen LogP contribution < -0.4 is 10.7 Å². The molecule has 2 N–H and O–H groups in total. The summed E-state index contributed by atoms with van der Waals surface area (Å²) in [6, 6.07) is 13.0. The van der Waals surface area contributed by atoms with Crippen molar-refractivity contribution in [2.24, 2.45) is 0 Å². The van der Waals surface area contributed by atoms with E-state index in [4.69, 9.17) is 0 Å². The normalized spacial score (nSPS) is 11.0. The molecule has 1 aromatic heterocycles. The quantitative estimate of drug-likeness (QED) is 0.699. The Balaban J connectivity index is 1.88. The SMILES string of the molecule is O=C(Nc1cccc(SC(F)F)c1)c1c[nH]c2ccccc2c1=O. The van der Waals surface area contributed by atoms with Crippen molar-refractivity contribution in [3.8, 4) is 0 Å². The van der Waals surface area contributed by atoms with Gasteiger partial charge in [-0.2, -0.15) is 8.78 Å². The van der Waals surface area contributed by atoms with E-state index in [0.29, 0.717) is 33.2 Å². The van der Waals surface area contributed by atoms with E-state index in [0.717, 1.165) is 0 Å². The molecule has 0 fully saturated rings. The zero-order chi connectivity index (χ0) is 17.1. The number of anilines is 1. The number of aromatic amines is 1. The maximum Gasteiger partial charge on any atom is 0.288 e. The van der Waals surface area contributed by atoms with Crippen LogP contribution in [0.15, 0.2) is 64.4 Å². The van der Waals surface area contributed by atoms with Crippen molar-refractivity contribution >= 4 is 34.3 Å². The third-order valence-electron chi connectivity index (χ3n) is 3.35. The number of carbonyl (C=O) groups excluding carboxylic acids is 1. The Kier molecular flexibility index (Phi) is 4.61. The van der Waals surface area contributed by atoms with Gasteiger partial charge in [0, 0.05) is 27.7 Å². The van der Waals surface area contributed by atoms with Gasteiger partial charge in [0.15, 0.2) is 0 Å². The molecule has 3 rings (SSSR count). The number of aromatic nitrogens is 1. The Hall–Kier alpha value is -2.67. The van der Waals surface area contributed by atoms with Gasteiger partial charge in [-0.3, -0.25) is 9.59 Å². The summed E-state index contributed by atoms with van der Waals surface area (Å²) in [7, 11) is 0. The summed E-state index contributed by atoms with van der Waals surface area (Å²) >= 11 is 0.388. The molecule has 1 amide bonds. The highest BCUT2D eigenvalue weighted by Crippen LogP contribution is 2.27. The molecule has 4 nitrogen and oxygen atoms in total. The lowest BCUT2D eigenvalue weighted by Gasteiger charge is -2.07. The highest BCUT2D eigenvalue weighted by Gasteiger charge is 2.13. The van der Waals surface area contributed by atoms with Crippen LogP contribution in [0.3, 0.4) is 0 Å². The van der Waals surface area contributed by atoms with Crippen LogP contribution in [0.25, 0.3) is 10.9 Å². The summed E-state index contributed by atoms with van der Waals surface area (Å²) in [5, 5.41) is 2.97. The van der Waals surface area contributed by atoms with Gasteiger partial charge >= 0.3 is 0 Å². The van der Waals surface area contributed by atoms with E-state index in [1.807, 2.05) is 0 Å². The van der Waals surface area contributed by atoms with E-state index in [1.165, 1.54) is 18.3 Å². The number of pyridine rings is 1. The van der Waals surface area contributed by atoms with Crippen LogP contribution in [0.4, 0.5) is 14.5 Å². The average Bonchev–Trinajstić information content (AvgIpc) is 2.55. The molecular formula is C17H12F2N2O2S. The van der Waals surface area contributed by atoms with Crippen molar-refractivity contribution in [3.05, 3.63) is 70.5 Å². The van der Waals surface area contributed by atoms with Gasteiger partial charge in [-0.05, 0) is 30.3 Å². The van der Waals surface area contributed by atoms with Crippen LogP contribution in [0.5, 0.6) is 0 Å². The molecule has 24 heavy (non-hydrogen) atoms. The van der Waals surface area contributed by atoms with Crippen LogP contribution in [0.2, 0.25) is 0 Å². The number of carbonyl (C=O) groups is 1. The highest BCUT2D eigenvalue weighted by molar-refractivity contribution is 7.99. The molecule has 1 heterocycles. The molecule has 2 aromatic carbocycles. The second-order valence-electron chi connectivity index (χ2n) is 4.94. The van der Waals surface area contributed by atoms with Crippen molar-refractivity contribution in [1.29, 1.82) is 0 Å². The molecule has 0 atom stereocenters. The summed E-state index contributed by atoms with van der Waals surface area (Å²) in [5.74, 6) is -3.14. The minimum atomic E-state index is -2.54. The number of hydrogen-bond acceptors (Lipinski definition) is 3. The molecule has 0 saturated heterocycles. The molecule has 0 saturated carbocycles. The molecular weight excluding hydrogens is 334 g/mol. The minimum Gasteiger partial charge on any atom is -0.360 e. The topological polar surface area (TPSA) is 62.0 Å². The van der Waals surface area contributed by atoms with Crippen LogP contribution in [0.1, 0.15) is 10.4 Å². The summed E-state index contributed by atoms with van der Waals surface area (Å²) < 4.78 is 24.8. The highest BCUT2D eigenvalue weighted by atomic mass is 32.2. The van der Waals surface area contributed by atoms with E-state index in [9.17, 15) is 18.4 Å². The Morgan fingerprint density at radius 2 is 1.92 bits per heavy atom. The zero-order valence-electron chi connectivity index (χ0n) is 12.3. The van der Waals surface area contributed by atoms with Crippen LogP contribution in [-0.4, -0.2) is 16.6 Å². The number of H-pyrrole nitrogens is 1. The largest absolute Gasteiger partial charge is 0.360 e. The fourth-order valence-electron chi connectivity index (χ4n) is 2.28. The number of halogens is 2. The van der Waals surface area contributed by atoms with Crippen LogP contribution in [-0.2, 0) is 0 Å². The van der Waals surface area contributed by atoms with Gasteiger partial charge < -0.3 is 10.3 Å². The lowest BCUT2D eigenvalue weighted by atomic mass is 10.1. The lowest BCUT2D eigenvalue weighted by Crippen LogP contribution is -2.21. The van der Waals surface area contributed by atoms with E-state index in [2.05, 4.69) is 10.3 Å². The van der Waals surface area contributed by atoms with E-state index in [1.54, 1.807) is 36.4 Å².